The zero-order valence-electron chi connectivity index (χ0n) is 12.1. The number of benzene rings is 1. The Morgan fingerprint density at radius 2 is 2.20 bits per heavy atom. The van der Waals surface area contributed by atoms with Crippen LogP contribution < -0.4 is 5.32 Å². The van der Waals surface area contributed by atoms with Crippen molar-refractivity contribution in [2.45, 2.75) is 38.6 Å². The molecule has 1 amide bonds. The molecule has 1 aliphatic rings. The lowest BCUT2D eigenvalue weighted by atomic mass is 9.98. The summed E-state index contributed by atoms with van der Waals surface area (Å²) in [4.78, 5) is 12.3. The van der Waals surface area contributed by atoms with Gasteiger partial charge in [0.15, 0.2) is 0 Å². The Labute approximate surface area is 120 Å². The molecular formula is C17H21NO2. The van der Waals surface area contributed by atoms with Crippen molar-refractivity contribution >= 4 is 5.91 Å². The first-order chi connectivity index (χ1) is 9.53. The maximum atomic E-state index is 12.3. The van der Waals surface area contributed by atoms with E-state index in [2.05, 4.69) is 31.0 Å². The van der Waals surface area contributed by atoms with Crippen molar-refractivity contribution in [2.24, 2.45) is 5.92 Å². The van der Waals surface area contributed by atoms with E-state index < -0.39 is 0 Å². The van der Waals surface area contributed by atoms with E-state index in [9.17, 15) is 4.79 Å². The summed E-state index contributed by atoms with van der Waals surface area (Å²) < 4.78 is 0. The lowest BCUT2D eigenvalue weighted by Crippen LogP contribution is -2.45. The van der Waals surface area contributed by atoms with Gasteiger partial charge in [-0.1, -0.05) is 17.9 Å². The second kappa shape index (κ2) is 6.11. The minimum Gasteiger partial charge on any atom is -0.395 e. The molecule has 1 fully saturated rings. The number of hydrogen-bond acceptors (Lipinski definition) is 2. The third-order valence-electron chi connectivity index (χ3n) is 3.63. The van der Waals surface area contributed by atoms with E-state index in [-0.39, 0.29) is 18.1 Å². The fraction of sp³-hybridized carbons (Fsp3) is 0.471. The molecule has 1 aliphatic carbocycles. The van der Waals surface area contributed by atoms with Crippen molar-refractivity contribution < 1.29 is 9.90 Å². The molecule has 20 heavy (non-hydrogen) atoms. The minimum atomic E-state index is -0.143. The van der Waals surface area contributed by atoms with Gasteiger partial charge in [-0.25, -0.2) is 0 Å². The Morgan fingerprint density at radius 3 is 2.85 bits per heavy atom. The molecule has 106 valence electrons. The van der Waals surface area contributed by atoms with Gasteiger partial charge in [0.05, 0.1) is 6.61 Å². The second-order valence-corrected chi connectivity index (χ2v) is 5.81. The molecule has 1 aromatic carbocycles. The predicted molar refractivity (Wildman–Crippen MR) is 79.3 cm³/mol. The average Bonchev–Trinajstić information content (AvgIpc) is 3.23. The van der Waals surface area contributed by atoms with E-state index in [1.807, 2.05) is 12.1 Å². The summed E-state index contributed by atoms with van der Waals surface area (Å²) in [5, 5.41) is 11.8. The van der Waals surface area contributed by atoms with E-state index in [0.717, 1.165) is 5.56 Å². The zero-order chi connectivity index (χ0) is 14.6. The number of amides is 1. The van der Waals surface area contributed by atoms with Gasteiger partial charge in [-0.2, -0.15) is 0 Å². The third kappa shape index (κ3) is 3.85. The highest BCUT2D eigenvalue weighted by atomic mass is 16.2. The van der Waals surface area contributed by atoms with Crippen LogP contribution in [0.1, 0.15) is 49.0 Å². The molecule has 0 saturated heterocycles. The van der Waals surface area contributed by atoms with E-state index >= 15 is 0 Å². The van der Waals surface area contributed by atoms with Crippen LogP contribution in [0.2, 0.25) is 0 Å². The predicted octanol–water partition coefficient (Wildman–Crippen LogP) is 2.34. The molecule has 2 N–H and O–H groups in total. The minimum absolute atomic E-state index is 0.0484. The molecule has 0 aromatic heterocycles. The first-order valence-electron chi connectivity index (χ1n) is 7.05. The number of nitrogens with one attached hydrogen (secondary N) is 1. The molecular weight excluding hydrogens is 250 g/mol. The smallest absolute Gasteiger partial charge is 0.251 e. The SMILES string of the molecule is CC(C)(NC(=O)c1cccc(C#CCCO)c1)C1CC1. The van der Waals surface area contributed by atoms with Gasteiger partial charge in [0.1, 0.15) is 0 Å². The maximum absolute atomic E-state index is 12.3. The first kappa shape index (κ1) is 14.6. The van der Waals surface area contributed by atoms with Gasteiger partial charge in [0.25, 0.3) is 5.91 Å². The second-order valence-electron chi connectivity index (χ2n) is 5.81. The van der Waals surface area contributed by atoms with Crippen LogP contribution in [0.5, 0.6) is 0 Å². The fourth-order valence-electron chi connectivity index (χ4n) is 2.23. The van der Waals surface area contributed by atoms with Crippen LogP contribution in [0.15, 0.2) is 24.3 Å². The van der Waals surface area contributed by atoms with Gasteiger partial charge in [-0.15, -0.1) is 0 Å². The Kier molecular flexibility index (Phi) is 4.46. The summed E-state index contributed by atoms with van der Waals surface area (Å²) in [5.74, 6) is 6.36. The lowest BCUT2D eigenvalue weighted by molar-refractivity contribution is 0.0903. The Balaban J connectivity index is 2.06. The van der Waals surface area contributed by atoms with Crippen LogP contribution in [0, 0.1) is 17.8 Å². The molecule has 0 atom stereocenters. The van der Waals surface area contributed by atoms with Crippen LogP contribution >= 0.6 is 0 Å². The van der Waals surface area contributed by atoms with Gasteiger partial charge in [-0.05, 0) is 50.8 Å². The fourth-order valence-corrected chi connectivity index (χ4v) is 2.23. The van der Waals surface area contributed by atoms with Crippen LogP contribution in [-0.4, -0.2) is 23.2 Å². The molecule has 1 aromatic rings. The van der Waals surface area contributed by atoms with Gasteiger partial charge in [0, 0.05) is 23.1 Å². The molecule has 0 unspecified atom stereocenters. The summed E-state index contributed by atoms with van der Waals surface area (Å²) in [7, 11) is 0. The van der Waals surface area contributed by atoms with Crippen molar-refractivity contribution in [2.75, 3.05) is 6.61 Å². The van der Waals surface area contributed by atoms with Crippen molar-refractivity contribution in [3.8, 4) is 11.8 Å². The number of aliphatic hydroxyl groups excluding tert-OH is 1. The third-order valence-corrected chi connectivity index (χ3v) is 3.63. The molecule has 3 nitrogen and oxygen atoms in total. The lowest BCUT2D eigenvalue weighted by Gasteiger charge is -2.26. The van der Waals surface area contributed by atoms with E-state index in [0.29, 0.717) is 17.9 Å². The Morgan fingerprint density at radius 1 is 1.45 bits per heavy atom. The van der Waals surface area contributed by atoms with Gasteiger partial charge in [0.2, 0.25) is 0 Å². The van der Waals surface area contributed by atoms with Crippen LogP contribution in [-0.2, 0) is 0 Å². The van der Waals surface area contributed by atoms with Gasteiger partial charge in [-0.3, -0.25) is 4.79 Å². The van der Waals surface area contributed by atoms with Gasteiger partial charge < -0.3 is 10.4 Å². The highest BCUT2D eigenvalue weighted by Crippen LogP contribution is 2.39. The van der Waals surface area contributed by atoms with Crippen molar-refractivity contribution in [3.05, 3.63) is 35.4 Å². The maximum Gasteiger partial charge on any atom is 0.251 e. The number of hydrogen-bond donors (Lipinski definition) is 2. The average molecular weight is 271 g/mol. The van der Waals surface area contributed by atoms with E-state index in [1.54, 1.807) is 12.1 Å². The summed E-state index contributed by atoms with van der Waals surface area (Å²) in [6, 6.07) is 7.30. The highest BCUT2D eigenvalue weighted by molar-refractivity contribution is 5.95. The number of aliphatic hydroxyl groups is 1. The molecule has 0 aliphatic heterocycles. The monoisotopic (exact) mass is 271 g/mol. The topological polar surface area (TPSA) is 49.3 Å². The normalized spacial score (nSPS) is 14.3. The highest BCUT2D eigenvalue weighted by Gasteiger charge is 2.38. The largest absolute Gasteiger partial charge is 0.395 e. The molecule has 2 rings (SSSR count). The molecule has 0 heterocycles. The van der Waals surface area contributed by atoms with Crippen molar-refractivity contribution in [3.63, 3.8) is 0 Å². The summed E-state index contributed by atoms with van der Waals surface area (Å²) in [6.45, 7) is 4.21. The molecule has 0 radical (unpaired) electrons. The standard InChI is InChI=1S/C17H21NO2/c1-17(2,15-9-10-15)18-16(20)14-8-5-7-13(12-14)6-3-4-11-19/h5,7-8,12,15,19H,4,9-11H2,1-2H3,(H,18,20). The molecule has 0 spiro atoms. The van der Waals surface area contributed by atoms with Crippen molar-refractivity contribution in [1.29, 1.82) is 0 Å². The summed E-state index contributed by atoms with van der Waals surface area (Å²) in [6.07, 6.45) is 2.84. The van der Waals surface area contributed by atoms with E-state index in [4.69, 9.17) is 5.11 Å². The van der Waals surface area contributed by atoms with E-state index in [1.165, 1.54) is 12.8 Å². The summed E-state index contributed by atoms with van der Waals surface area (Å²) >= 11 is 0. The Hall–Kier alpha value is -1.79. The number of rotatable bonds is 4. The molecule has 0 bridgehead atoms. The van der Waals surface area contributed by atoms with Crippen LogP contribution in [0.4, 0.5) is 0 Å². The number of carbonyl (C=O) groups is 1. The van der Waals surface area contributed by atoms with Crippen LogP contribution in [0.25, 0.3) is 0 Å². The van der Waals surface area contributed by atoms with Crippen LogP contribution in [0.3, 0.4) is 0 Å². The summed E-state index contributed by atoms with van der Waals surface area (Å²) in [5.41, 5.74) is 1.29. The van der Waals surface area contributed by atoms with Crippen molar-refractivity contribution in [1.82, 2.24) is 5.32 Å². The number of carbonyl (C=O) groups excluding carboxylic acids is 1. The molecule has 3 heteroatoms. The quantitative estimate of drug-likeness (QED) is 0.826. The molecule has 1 saturated carbocycles. The zero-order valence-corrected chi connectivity index (χ0v) is 12.1. The Bertz CT molecular complexity index is 548. The van der Waals surface area contributed by atoms with Gasteiger partial charge >= 0.3 is 0 Å². The first-order valence-corrected chi connectivity index (χ1v) is 7.05.